The maximum atomic E-state index is 13.6. The van der Waals surface area contributed by atoms with Crippen LogP contribution in [0.2, 0.25) is 0 Å². The molecule has 29 heavy (non-hydrogen) atoms. The lowest BCUT2D eigenvalue weighted by atomic mass is 9.84. The molecule has 3 unspecified atom stereocenters. The van der Waals surface area contributed by atoms with Crippen molar-refractivity contribution in [3.8, 4) is 5.69 Å². The molecule has 3 aliphatic rings. The van der Waals surface area contributed by atoms with E-state index in [2.05, 4.69) is 5.10 Å². The summed E-state index contributed by atoms with van der Waals surface area (Å²) in [5.74, 6) is -1.24. The Bertz CT molecular complexity index is 968. The van der Waals surface area contributed by atoms with Crippen LogP contribution in [0.3, 0.4) is 0 Å². The number of likely N-dealkylation sites (tertiary alicyclic amines) is 1. The van der Waals surface area contributed by atoms with Gasteiger partial charge in [0.15, 0.2) is 5.69 Å². The third-order valence-electron chi connectivity index (χ3n) is 6.81. The Balaban J connectivity index is 1.55. The molecule has 7 heteroatoms. The molecule has 1 aromatic heterocycles. The topological polar surface area (TPSA) is 75.4 Å². The number of halogens is 1. The Morgan fingerprint density at radius 2 is 1.83 bits per heavy atom. The monoisotopic (exact) mass is 397 g/mol. The van der Waals surface area contributed by atoms with Gasteiger partial charge in [0.1, 0.15) is 11.9 Å². The molecule has 1 aromatic carbocycles. The maximum Gasteiger partial charge on any atom is 0.326 e. The summed E-state index contributed by atoms with van der Waals surface area (Å²) >= 11 is 0. The number of amides is 1. The fourth-order valence-electron chi connectivity index (χ4n) is 5.50. The highest BCUT2D eigenvalue weighted by atomic mass is 19.1. The Hall–Kier alpha value is -2.70. The average molecular weight is 397 g/mol. The van der Waals surface area contributed by atoms with Gasteiger partial charge in [-0.3, -0.25) is 4.79 Å². The predicted molar refractivity (Wildman–Crippen MR) is 104 cm³/mol. The molecule has 2 heterocycles. The van der Waals surface area contributed by atoms with Crippen LogP contribution in [-0.2, 0) is 17.6 Å². The van der Waals surface area contributed by atoms with Gasteiger partial charge in [-0.25, -0.2) is 13.9 Å². The van der Waals surface area contributed by atoms with E-state index in [1.165, 1.54) is 12.1 Å². The van der Waals surface area contributed by atoms with Crippen molar-refractivity contribution in [3.05, 3.63) is 47.0 Å². The van der Waals surface area contributed by atoms with E-state index >= 15 is 0 Å². The average Bonchev–Trinajstić information content (AvgIpc) is 3.41. The summed E-state index contributed by atoms with van der Waals surface area (Å²) in [7, 11) is 0. The van der Waals surface area contributed by atoms with Crippen LogP contribution >= 0.6 is 0 Å². The number of aromatic nitrogens is 2. The minimum absolute atomic E-state index is 0.00891. The Morgan fingerprint density at radius 1 is 1.07 bits per heavy atom. The highest BCUT2D eigenvalue weighted by molar-refractivity contribution is 5.97. The van der Waals surface area contributed by atoms with E-state index in [0.717, 1.165) is 61.9 Å². The summed E-state index contributed by atoms with van der Waals surface area (Å²) in [5, 5.41) is 14.4. The summed E-state index contributed by atoms with van der Waals surface area (Å²) < 4.78 is 15.1. The van der Waals surface area contributed by atoms with E-state index in [9.17, 15) is 19.1 Å². The lowest BCUT2D eigenvalue weighted by Gasteiger charge is -2.32. The Labute approximate surface area is 168 Å². The molecular formula is C22H24FN3O3. The zero-order valence-electron chi connectivity index (χ0n) is 16.2. The number of hydrogen-bond donors (Lipinski definition) is 1. The molecule has 0 radical (unpaired) electrons. The minimum Gasteiger partial charge on any atom is -0.480 e. The van der Waals surface area contributed by atoms with Crippen LogP contribution in [-0.4, -0.2) is 43.7 Å². The van der Waals surface area contributed by atoms with E-state index in [-0.39, 0.29) is 23.7 Å². The van der Waals surface area contributed by atoms with Crippen molar-refractivity contribution in [2.24, 2.45) is 5.92 Å². The van der Waals surface area contributed by atoms with Crippen molar-refractivity contribution in [2.45, 2.75) is 63.5 Å². The number of aliphatic carboxylic acids is 1. The number of nitrogens with zero attached hydrogens (tertiary/aromatic N) is 3. The lowest BCUT2D eigenvalue weighted by molar-refractivity contribution is -0.141. The van der Waals surface area contributed by atoms with Gasteiger partial charge in [0.25, 0.3) is 5.91 Å². The fraction of sp³-hybridized carbons (Fsp3) is 0.500. The van der Waals surface area contributed by atoms with Crippen LogP contribution in [0.15, 0.2) is 24.3 Å². The molecule has 0 bridgehead atoms. The van der Waals surface area contributed by atoms with Crippen molar-refractivity contribution in [3.63, 3.8) is 0 Å². The van der Waals surface area contributed by atoms with Crippen molar-refractivity contribution < 1.29 is 19.1 Å². The van der Waals surface area contributed by atoms with Gasteiger partial charge in [0.05, 0.1) is 5.69 Å². The molecule has 1 aliphatic heterocycles. The summed E-state index contributed by atoms with van der Waals surface area (Å²) in [6.07, 6.45) is 7.01. The first-order valence-corrected chi connectivity index (χ1v) is 10.5. The van der Waals surface area contributed by atoms with Crippen molar-refractivity contribution >= 4 is 11.9 Å². The third kappa shape index (κ3) is 2.94. The number of carboxylic acid groups (broad SMARTS) is 1. The van der Waals surface area contributed by atoms with Crippen molar-refractivity contribution in [1.82, 2.24) is 14.7 Å². The molecule has 1 saturated heterocycles. The Morgan fingerprint density at radius 3 is 2.59 bits per heavy atom. The van der Waals surface area contributed by atoms with Crippen LogP contribution in [0, 0.1) is 11.7 Å². The second-order valence-electron chi connectivity index (χ2n) is 8.43. The van der Waals surface area contributed by atoms with E-state index in [1.54, 1.807) is 21.7 Å². The van der Waals surface area contributed by atoms with Gasteiger partial charge in [-0.2, -0.15) is 5.10 Å². The summed E-state index contributed by atoms with van der Waals surface area (Å²) in [4.78, 5) is 27.1. The van der Waals surface area contributed by atoms with Gasteiger partial charge in [-0.15, -0.1) is 0 Å². The van der Waals surface area contributed by atoms with Gasteiger partial charge < -0.3 is 10.0 Å². The molecule has 1 saturated carbocycles. The van der Waals surface area contributed by atoms with Crippen LogP contribution in [0.25, 0.3) is 5.69 Å². The molecular weight excluding hydrogens is 373 g/mol. The number of benzene rings is 1. The first-order chi connectivity index (χ1) is 14.0. The normalized spacial score (nSPS) is 25.7. The molecule has 6 nitrogen and oxygen atoms in total. The summed E-state index contributed by atoms with van der Waals surface area (Å²) in [6, 6.07) is 5.29. The smallest absolute Gasteiger partial charge is 0.326 e. The molecule has 1 amide bonds. The first kappa shape index (κ1) is 18.3. The molecule has 1 N–H and O–H groups in total. The highest BCUT2D eigenvalue weighted by Crippen LogP contribution is 2.41. The molecule has 3 atom stereocenters. The second kappa shape index (κ2) is 6.97. The molecule has 2 aromatic rings. The number of carbonyl (C=O) groups is 2. The van der Waals surface area contributed by atoms with Gasteiger partial charge >= 0.3 is 5.97 Å². The summed E-state index contributed by atoms with van der Waals surface area (Å²) in [5.41, 5.74) is 2.99. The molecule has 2 aliphatic carbocycles. The minimum atomic E-state index is -0.928. The standard InChI is InChI=1S/C22H24FN3O3/c23-14-8-10-15(11-9-14)26-18-7-3-5-16(18)20(24-26)21(27)25-17-6-2-1-4-13(17)12-19(25)22(28)29/h8-11,13,17,19H,1-7,12H2,(H,28,29). The summed E-state index contributed by atoms with van der Waals surface area (Å²) in [6.45, 7) is 0. The van der Waals surface area contributed by atoms with Gasteiger partial charge in [-0.05, 0) is 68.7 Å². The Kier molecular flexibility index (Phi) is 4.41. The van der Waals surface area contributed by atoms with Crippen LogP contribution in [0.4, 0.5) is 4.39 Å². The van der Waals surface area contributed by atoms with E-state index in [0.29, 0.717) is 12.1 Å². The van der Waals surface area contributed by atoms with E-state index < -0.39 is 12.0 Å². The number of carbonyl (C=O) groups excluding carboxylic acids is 1. The molecule has 0 spiro atoms. The van der Waals surface area contributed by atoms with Gasteiger partial charge in [0.2, 0.25) is 0 Å². The maximum absolute atomic E-state index is 13.6. The first-order valence-electron chi connectivity index (χ1n) is 10.5. The molecule has 2 fully saturated rings. The zero-order valence-corrected chi connectivity index (χ0v) is 16.2. The van der Waals surface area contributed by atoms with Gasteiger partial charge in [-0.1, -0.05) is 12.8 Å². The molecule has 152 valence electrons. The van der Waals surface area contributed by atoms with E-state index in [1.807, 2.05) is 0 Å². The fourth-order valence-corrected chi connectivity index (χ4v) is 5.50. The van der Waals surface area contributed by atoms with Gasteiger partial charge in [0, 0.05) is 17.3 Å². The number of rotatable bonds is 3. The quantitative estimate of drug-likeness (QED) is 0.862. The van der Waals surface area contributed by atoms with E-state index in [4.69, 9.17) is 0 Å². The number of fused-ring (bicyclic) bond motifs is 2. The predicted octanol–water partition coefficient (Wildman–Crippen LogP) is 3.36. The second-order valence-corrected chi connectivity index (χ2v) is 8.43. The third-order valence-corrected chi connectivity index (χ3v) is 6.81. The number of hydrogen-bond acceptors (Lipinski definition) is 3. The largest absolute Gasteiger partial charge is 0.480 e. The lowest BCUT2D eigenvalue weighted by Crippen LogP contribution is -2.46. The number of carboxylic acids is 1. The SMILES string of the molecule is O=C(O)C1CC2CCCCC2N1C(=O)c1nn(-c2ccc(F)cc2)c2c1CCC2. The van der Waals surface area contributed by atoms with Crippen molar-refractivity contribution in [1.29, 1.82) is 0 Å². The zero-order chi connectivity index (χ0) is 20.1. The van der Waals surface area contributed by atoms with Crippen LogP contribution in [0.5, 0.6) is 0 Å². The highest BCUT2D eigenvalue weighted by Gasteiger charge is 2.48. The molecule has 5 rings (SSSR count). The van der Waals surface area contributed by atoms with Crippen LogP contribution < -0.4 is 0 Å². The van der Waals surface area contributed by atoms with Crippen LogP contribution in [0.1, 0.15) is 60.3 Å². The van der Waals surface area contributed by atoms with Crippen molar-refractivity contribution in [2.75, 3.05) is 0 Å².